The fraction of sp³-hybridized carbons (Fsp3) is 0.692. The molecular formula is C13H20ClN3O2. The van der Waals surface area contributed by atoms with E-state index in [1.54, 1.807) is 4.68 Å². The van der Waals surface area contributed by atoms with Crippen LogP contribution < -0.4 is 0 Å². The number of nitrogens with zero attached hydrogens (tertiary/aromatic N) is 3. The number of hydrogen-bond acceptors (Lipinski definition) is 3. The summed E-state index contributed by atoms with van der Waals surface area (Å²) in [6.07, 6.45) is -0.0750. The molecule has 2 rings (SSSR count). The summed E-state index contributed by atoms with van der Waals surface area (Å²) in [6, 6.07) is 1.83. The maximum Gasteiger partial charge on any atom is 0.272 e. The van der Waals surface area contributed by atoms with E-state index in [9.17, 15) is 4.79 Å². The first-order chi connectivity index (χ1) is 9.05. The third-order valence-electron chi connectivity index (χ3n) is 3.21. The molecule has 0 bridgehead atoms. The highest BCUT2D eigenvalue weighted by Gasteiger charge is 2.30. The molecule has 0 saturated carbocycles. The van der Waals surface area contributed by atoms with Crippen molar-refractivity contribution in [2.45, 2.75) is 39.5 Å². The molecule has 0 N–H and O–H groups in total. The number of alkyl halides is 1. The minimum Gasteiger partial charge on any atom is -0.370 e. The number of morpholine rings is 1. The van der Waals surface area contributed by atoms with E-state index in [0.717, 1.165) is 5.69 Å². The Morgan fingerprint density at radius 3 is 2.95 bits per heavy atom. The quantitative estimate of drug-likeness (QED) is 0.794. The fourth-order valence-corrected chi connectivity index (χ4v) is 2.59. The summed E-state index contributed by atoms with van der Waals surface area (Å²) in [6.45, 7) is 7.66. The molecule has 2 heterocycles. The molecule has 6 heteroatoms. The lowest BCUT2D eigenvalue weighted by Gasteiger charge is -2.36. The molecule has 1 aromatic heterocycles. The minimum atomic E-state index is -0.0894. The van der Waals surface area contributed by atoms with Gasteiger partial charge in [0.25, 0.3) is 5.91 Å². The van der Waals surface area contributed by atoms with Crippen LogP contribution in [0.5, 0.6) is 0 Å². The normalized spacial score (nSPS) is 23.7. The largest absolute Gasteiger partial charge is 0.370 e. The number of amides is 1. The van der Waals surface area contributed by atoms with Gasteiger partial charge in [-0.3, -0.25) is 9.48 Å². The molecule has 106 valence electrons. The van der Waals surface area contributed by atoms with E-state index < -0.39 is 0 Å². The van der Waals surface area contributed by atoms with Crippen LogP contribution in [0.2, 0.25) is 0 Å². The molecule has 1 saturated heterocycles. The van der Waals surface area contributed by atoms with Crippen molar-refractivity contribution in [2.75, 3.05) is 19.0 Å². The second-order valence-corrected chi connectivity index (χ2v) is 5.23. The molecule has 1 aliphatic rings. The van der Waals surface area contributed by atoms with Gasteiger partial charge in [-0.1, -0.05) is 0 Å². The highest BCUT2D eigenvalue weighted by molar-refractivity contribution is 6.18. The van der Waals surface area contributed by atoms with Crippen LogP contribution in [-0.2, 0) is 11.3 Å². The number of ether oxygens (including phenoxy) is 1. The number of hydrogen-bond donors (Lipinski definition) is 0. The molecule has 2 atom stereocenters. The Hall–Kier alpha value is -1.07. The Balaban J connectivity index is 2.18. The highest BCUT2D eigenvalue weighted by atomic mass is 35.5. The van der Waals surface area contributed by atoms with Gasteiger partial charge in [0, 0.05) is 19.6 Å². The standard InChI is InChI=1S/C13H20ClN3O2/c1-4-17-12(5-9(2)15-17)13(18)16-7-10(3)19-11(6-14)8-16/h5,10-11H,4,6-8H2,1-3H3. The van der Waals surface area contributed by atoms with E-state index in [1.807, 2.05) is 31.7 Å². The number of halogens is 1. The topological polar surface area (TPSA) is 47.4 Å². The first-order valence-electron chi connectivity index (χ1n) is 6.60. The lowest BCUT2D eigenvalue weighted by Crippen LogP contribution is -2.50. The van der Waals surface area contributed by atoms with Crippen molar-refractivity contribution in [1.82, 2.24) is 14.7 Å². The third kappa shape index (κ3) is 3.09. The summed E-state index contributed by atoms with van der Waals surface area (Å²) in [5.41, 5.74) is 1.50. The summed E-state index contributed by atoms with van der Waals surface area (Å²) >= 11 is 5.84. The van der Waals surface area contributed by atoms with Gasteiger partial charge in [0.2, 0.25) is 0 Å². The first kappa shape index (κ1) is 14.3. The van der Waals surface area contributed by atoms with Crippen LogP contribution in [0.4, 0.5) is 0 Å². The molecule has 5 nitrogen and oxygen atoms in total. The van der Waals surface area contributed by atoms with Crippen LogP contribution in [0.3, 0.4) is 0 Å². The molecule has 0 aromatic carbocycles. The molecule has 0 spiro atoms. The zero-order valence-corrected chi connectivity index (χ0v) is 12.4. The van der Waals surface area contributed by atoms with Gasteiger partial charge in [-0.25, -0.2) is 0 Å². The van der Waals surface area contributed by atoms with Crippen molar-refractivity contribution in [3.05, 3.63) is 17.5 Å². The van der Waals surface area contributed by atoms with E-state index >= 15 is 0 Å². The fourth-order valence-electron chi connectivity index (χ4n) is 2.42. The Kier molecular flexibility index (Phi) is 4.47. The van der Waals surface area contributed by atoms with Gasteiger partial charge >= 0.3 is 0 Å². The lowest BCUT2D eigenvalue weighted by molar-refractivity contribution is -0.0573. The summed E-state index contributed by atoms with van der Waals surface area (Å²) in [4.78, 5) is 14.4. The Bertz CT molecular complexity index is 461. The zero-order chi connectivity index (χ0) is 14.0. The van der Waals surface area contributed by atoms with E-state index in [1.165, 1.54) is 0 Å². The van der Waals surface area contributed by atoms with Crippen molar-refractivity contribution in [2.24, 2.45) is 0 Å². The molecule has 1 aromatic rings. The number of carbonyl (C=O) groups is 1. The van der Waals surface area contributed by atoms with Gasteiger partial charge in [0.15, 0.2) is 0 Å². The van der Waals surface area contributed by atoms with E-state index in [2.05, 4.69) is 5.10 Å². The summed E-state index contributed by atoms with van der Waals surface area (Å²) in [5, 5.41) is 4.32. The van der Waals surface area contributed by atoms with E-state index in [0.29, 0.717) is 31.2 Å². The molecule has 1 fully saturated rings. The van der Waals surface area contributed by atoms with Crippen molar-refractivity contribution in [3.63, 3.8) is 0 Å². The molecule has 0 aliphatic carbocycles. The zero-order valence-electron chi connectivity index (χ0n) is 11.6. The molecular weight excluding hydrogens is 266 g/mol. The van der Waals surface area contributed by atoms with Crippen LogP contribution in [0, 0.1) is 6.92 Å². The molecule has 2 unspecified atom stereocenters. The van der Waals surface area contributed by atoms with Crippen LogP contribution in [0.1, 0.15) is 30.0 Å². The van der Waals surface area contributed by atoms with Gasteiger partial charge < -0.3 is 9.64 Å². The van der Waals surface area contributed by atoms with Crippen LogP contribution in [-0.4, -0.2) is 51.8 Å². The summed E-state index contributed by atoms with van der Waals surface area (Å²) in [5.74, 6) is 0.410. The molecule has 19 heavy (non-hydrogen) atoms. The van der Waals surface area contributed by atoms with Crippen molar-refractivity contribution in [1.29, 1.82) is 0 Å². The lowest BCUT2D eigenvalue weighted by atomic mass is 10.2. The Morgan fingerprint density at radius 2 is 2.32 bits per heavy atom. The smallest absolute Gasteiger partial charge is 0.272 e. The van der Waals surface area contributed by atoms with Gasteiger partial charge in [0.1, 0.15) is 5.69 Å². The van der Waals surface area contributed by atoms with Crippen molar-refractivity contribution in [3.8, 4) is 0 Å². The van der Waals surface area contributed by atoms with Crippen LogP contribution in [0.25, 0.3) is 0 Å². The van der Waals surface area contributed by atoms with Gasteiger partial charge in [-0.15, -0.1) is 11.6 Å². The average molecular weight is 286 g/mol. The first-order valence-corrected chi connectivity index (χ1v) is 7.13. The van der Waals surface area contributed by atoms with E-state index in [4.69, 9.17) is 16.3 Å². The summed E-state index contributed by atoms with van der Waals surface area (Å²) in [7, 11) is 0. The second-order valence-electron chi connectivity index (χ2n) is 4.92. The van der Waals surface area contributed by atoms with Gasteiger partial charge in [-0.2, -0.15) is 5.10 Å². The maximum absolute atomic E-state index is 12.6. The monoisotopic (exact) mass is 285 g/mol. The third-order valence-corrected chi connectivity index (χ3v) is 3.55. The molecule has 1 amide bonds. The van der Waals surface area contributed by atoms with Crippen molar-refractivity contribution < 1.29 is 9.53 Å². The molecule has 0 radical (unpaired) electrons. The van der Waals surface area contributed by atoms with E-state index in [-0.39, 0.29) is 18.1 Å². The maximum atomic E-state index is 12.6. The number of rotatable bonds is 3. The number of aryl methyl sites for hydroxylation is 2. The van der Waals surface area contributed by atoms with Gasteiger partial charge in [-0.05, 0) is 26.8 Å². The highest BCUT2D eigenvalue weighted by Crippen LogP contribution is 2.16. The van der Waals surface area contributed by atoms with Crippen LogP contribution >= 0.6 is 11.6 Å². The Morgan fingerprint density at radius 1 is 1.58 bits per heavy atom. The number of carbonyl (C=O) groups excluding carboxylic acids is 1. The number of aromatic nitrogens is 2. The summed E-state index contributed by atoms with van der Waals surface area (Å²) < 4.78 is 7.41. The van der Waals surface area contributed by atoms with Crippen LogP contribution in [0.15, 0.2) is 6.07 Å². The predicted octanol–water partition coefficient (Wildman–Crippen LogP) is 1.68. The SMILES string of the molecule is CCn1nc(C)cc1C(=O)N1CC(C)OC(CCl)C1. The predicted molar refractivity (Wildman–Crippen MR) is 73.6 cm³/mol. The molecule has 1 aliphatic heterocycles. The van der Waals surface area contributed by atoms with Crippen molar-refractivity contribution >= 4 is 17.5 Å². The second kappa shape index (κ2) is 5.92. The Labute approximate surface area is 118 Å². The minimum absolute atomic E-state index is 0.00715. The average Bonchev–Trinajstić information content (AvgIpc) is 2.78. The van der Waals surface area contributed by atoms with Gasteiger partial charge in [0.05, 0.1) is 23.8 Å².